The molecule has 0 amide bonds. The molecular weight excluding hydrogens is 188 g/mol. The average molecular weight is 210 g/mol. The van der Waals surface area contributed by atoms with Gasteiger partial charge >= 0.3 is 0 Å². The van der Waals surface area contributed by atoms with Crippen molar-refractivity contribution in [3.05, 3.63) is 0 Å². The Balaban J connectivity index is 1.76. The van der Waals surface area contributed by atoms with Gasteiger partial charge in [-0.2, -0.15) is 0 Å². The van der Waals surface area contributed by atoms with E-state index in [9.17, 15) is 0 Å². The first kappa shape index (κ1) is 10.1. The first-order chi connectivity index (χ1) is 7.33. The molecule has 2 aliphatic heterocycles. The highest BCUT2D eigenvalue weighted by atomic mass is 16.5. The average Bonchev–Trinajstić information content (AvgIpc) is 2.09. The van der Waals surface area contributed by atoms with E-state index in [-0.39, 0.29) is 0 Å². The lowest BCUT2D eigenvalue weighted by atomic mass is 9.60. The number of likely N-dealkylation sites (N-methyl/N-ethyl adjacent to an activating group) is 1. The van der Waals surface area contributed by atoms with E-state index in [0.29, 0.717) is 11.5 Å². The topological polar surface area (TPSA) is 24.5 Å². The SMILES string of the molecule is CN1CCNCC1C1(C2CCC2)COC1. The zero-order valence-corrected chi connectivity index (χ0v) is 9.67. The van der Waals surface area contributed by atoms with Gasteiger partial charge in [-0.3, -0.25) is 0 Å². The summed E-state index contributed by atoms with van der Waals surface area (Å²) in [5.41, 5.74) is 0.500. The van der Waals surface area contributed by atoms with E-state index in [1.165, 1.54) is 25.8 Å². The summed E-state index contributed by atoms with van der Waals surface area (Å²) in [6.45, 7) is 5.52. The largest absolute Gasteiger partial charge is 0.380 e. The Bertz CT molecular complexity index is 236. The summed E-state index contributed by atoms with van der Waals surface area (Å²) >= 11 is 0. The Morgan fingerprint density at radius 1 is 1.33 bits per heavy atom. The lowest BCUT2D eigenvalue weighted by molar-refractivity contribution is -0.199. The minimum Gasteiger partial charge on any atom is -0.380 e. The van der Waals surface area contributed by atoms with Crippen LogP contribution in [0.15, 0.2) is 0 Å². The van der Waals surface area contributed by atoms with Crippen LogP contribution >= 0.6 is 0 Å². The molecule has 1 aliphatic carbocycles. The van der Waals surface area contributed by atoms with E-state index in [1.807, 2.05) is 0 Å². The fourth-order valence-electron chi connectivity index (χ4n) is 3.47. The second kappa shape index (κ2) is 3.72. The van der Waals surface area contributed by atoms with E-state index in [4.69, 9.17) is 4.74 Å². The van der Waals surface area contributed by atoms with E-state index in [0.717, 1.165) is 32.2 Å². The van der Waals surface area contributed by atoms with Crippen LogP contribution in [0.5, 0.6) is 0 Å². The van der Waals surface area contributed by atoms with Crippen LogP contribution in [0.4, 0.5) is 0 Å². The first-order valence-corrected chi connectivity index (χ1v) is 6.32. The van der Waals surface area contributed by atoms with Crippen molar-refractivity contribution in [3.8, 4) is 0 Å². The van der Waals surface area contributed by atoms with E-state index >= 15 is 0 Å². The lowest BCUT2D eigenvalue weighted by Crippen LogP contribution is -2.67. The molecule has 0 bridgehead atoms. The minimum atomic E-state index is 0.500. The van der Waals surface area contributed by atoms with E-state index in [1.54, 1.807) is 0 Å². The van der Waals surface area contributed by atoms with Gasteiger partial charge in [0.25, 0.3) is 0 Å². The highest BCUT2D eigenvalue weighted by Crippen LogP contribution is 2.50. The van der Waals surface area contributed by atoms with Crippen LogP contribution in [-0.4, -0.2) is 50.8 Å². The van der Waals surface area contributed by atoms with Gasteiger partial charge in [0.2, 0.25) is 0 Å². The van der Waals surface area contributed by atoms with Crippen LogP contribution < -0.4 is 5.32 Å². The van der Waals surface area contributed by atoms with Gasteiger partial charge < -0.3 is 15.0 Å². The summed E-state index contributed by atoms with van der Waals surface area (Å²) < 4.78 is 5.54. The van der Waals surface area contributed by atoms with Gasteiger partial charge in [0, 0.05) is 31.1 Å². The lowest BCUT2D eigenvalue weighted by Gasteiger charge is -2.58. The summed E-state index contributed by atoms with van der Waals surface area (Å²) in [6, 6.07) is 0.713. The van der Waals surface area contributed by atoms with Crippen molar-refractivity contribution in [3.63, 3.8) is 0 Å². The summed E-state index contributed by atoms with van der Waals surface area (Å²) in [6.07, 6.45) is 4.32. The highest BCUT2D eigenvalue weighted by molar-refractivity contribution is 5.05. The van der Waals surface area contributed by atoms with Crippen LogP contribution in [0.3, 0.4) is 0 Å². The van der Waals surface area contributed by atoms with Crippen LogP contribution in [0.2, 0.25) is 0 Å². The molecule has 0 radical (unpaired) electrons. The van der Waals surface area contributed by atoms with Crippen LogP contribution in [0, 0.1) is 11.3 Å². The van der Waals surface area contributed by atoms with Gasteiger partial charge in [-0.15, -0.1) is 0 Å². The molecule has 3 rings (SSSR count). The maximum absolute atomic E-state index is 5.54. The number of hydrogen-bond acceptors (Lipinski definition) is 3. The molecule has 2 heterocycles. The molecule has 0 aromatic rings. The molecule has 86 valence electrons. The van der Waals surface area contributed by atoms with Gasteiger partial charge in [0.1, 0.15) is 0 Å². The van der Waals surface area contributed by atoms with Gasteiger partial charge in [-0.05, 0) is 25.8 Å². The molecule has 0 spiro atoms. The van der Waals surface area contributed by atoms with Gasteiger partial charge in [-0.1, -0.05) is 6.42 Å². The number of ether oxygens (including phenoxy) is 1. The summed E-state index contributed by atoms with van der Waals surface area (Å²) in [5.74, 6) is 0.943. The van der Waals surface area contributed by atoms with Gasteiger partial charge in [0.15, 0.2) is 0 Å². The number of rotatable bonds is 2. The zero-order valence-electron chi connectivity index (χ0n) is 9.67. The molecule has 3 aliphatic rings. The molecule has 1 saturated carbocycles. The molecule has 2 saturated heterocycles. The minimum absolute atomic E-state index is 0.500. The maximum Gasteiger partial charge on any atom is 0.0563 e. The van der Waals surface area contributed by atoms with Gasteiger partial charge in [0.05, 0.1) is 13.2 Å². The molecule has 3 heteroatoms. The third-order valence-corrected chi connectivity index (χ3v) is 4.83. The molecule has 0 aromatic heterocycles. The Morgan fingerprint density at radius 3 is 2.60 bits per heavy atom. The zero-order chi connectivity index (χ0) is 10.3. The monoisotopic (exact) mass is 210 g/mol. The molecule has 0 aromatic carbocycles. The predicted molar refractivity (Wildman–Crippen MR) is 59.9 cm³/mol. The summed E-state index contributed by atoms with van der Waals surface area (Å²) in [7, 11) is 2.28. The standard InChI is InChI=1S/C12H22N2O/c1-14-6-5-13-7-11(14)12(8-15-9-12)10-3-2-4-10/h10-11,13H,2-9H2,1H3. The highest BCUT2D eigenvalue weighted by Gasteiger charge is 2.54. The Hall–Kier alpha value is -0.120. The van der Waals surface area contributed by atoms with Gasteiger partial charge in [-0.25, -0.2) is 0 Å². The third-order valence-electron chi connectivity index (χ3n) is 4.83. The quantitative estimate of drug-likeness (QED) is 0.726. The van der Waals surface area contributed by atoms with E-state index in [2.05, 4.69) is 17.3 Å². The molecular formula is C12H22N2O. The molecule has 3 fully saturated rings. The maximum atomic E-state index is 5.54. The number of nitrogens with one attached hydrogen (secondary N) is 1. The first-order valence-electron chi connectivity index (χ1n) is 6.32. The molecule has 1 N–H and O–H groups in total. The Kier molecular flexibility index (Phi) is 2.49. The van der Waals surface area contributed by atoms with Crippen molar-refractivity contribution in [1.82, 2.24) is 10.2 Å². The third kappa shape index (κ3) is 1.44. The second-order valence-corrected chi connectivity index (χ2v) is 5.55. The van der Waals surface area contributed by atoms with Crippen LogP contribution in [0.25, 0.3) is 0 Å². The molecule has 3 nitrogen and oxygen atoms in total. The normalized spacial score (nSPS) is 37.0. The number of hydrogen-bond donors (Lipinski definition) is 1. The molecule has 1 atom stereocenters. The van der Waals surface area contributed by atoms with Crippen molar-refractivity contribution in [2.75, 3.05) is 39.9 Å². The van der Waals surface area contributed by atoms with Crippen molar-refractivity contribution >= 4 is 0 Å². The summed E-state index contributed by atoms with van der Waals surface area (Å²) in [5, 5.41) is 3.54. The predicted octanol–water partition coefficient (Wildman–Crippen LogP) is 0.707. The molecule has 15 heavy (non-hydrogen) atoms. The Morgan fingerprint density at radius 2 is 2.13 bits per heavy atom. The van der Waals surface area contributed by atoms with Crippen molar-refractivity contribution in [2.24, 2.45) is 11.3 Å². The fraction of sp³-hybridized carbons (Fsp3) is 1.00. The Labute approximate surface area is 92.2 Å². The van der Waals surface area contributed by atoms with Crippen LogP contribution in [-0.2, 0) is 4.74 Å². The smallest absolute Gasteiger partial charge is 0.0563 e. The number of piperazine rings is 1. The molecule has 1 unspecified atom stereocenters. The van der Waals surface area contributed by atoms with Crippen molar-refractivity contribution < 1.29 is 4.74 Å². The number of nitrogens with zero attached hydrogens (tertiary/aromatic N) is 1. The van der Waals surface area contributed by atoms with Crippen molar-refractivity contribution in [2.45, 2.75) is 25.3 Å². The summed E-state index contributed by atoms with van der Waals surface area (Å²) in [4.78, 5) is 2.55. The fourth-order valence-corrected chi connectivity index (χ4v) is 3.47. The van der Waals surface area contributed by atoms with Crippen LogP contribution in [0.1, 0.15) is 19.3 Å². The second-order valence-electron chi connectivity index (χ2n) is 5.55. The van der Waals surface area contributed by atoms with Crippen molar-refractivity contribution in [1.29, 1.82) is 0 Å². The van der Waals surface area contributed by atoms with E-state index < -0.39 is 0 Å².